The molecule has 0 spiro atoms. The summed E-state index contributed by atoms with van der Waals surface area (Å²) in [6.45, 7) is 5.81. The molecule has 32 heavy (non-hydrogen) atoms. The van der Waals surface area contributed by atoms with E-state index in [1.807, 2.05) is 38.3 Å². The van der Waals surface area contributed by atoms with Crippen LogP contribution in [0.4, 0.5) is 19.1 Å². The van der Waals surface area contributed by atoms with Gasteiger partial charge in [0.05, 0.1) is 10.6 Å². The van der Waals surface area contributed by atoms with Crippen molar-refractivity contribution in [1.29, 1.82) is 0 Å². The number of anilines is 1. The number of halogens is 3. The van der Waals surface area contributed by atoms with Crippen LogP contribution in [0.1, 0.15) is 29.5 Å². The first-order valence-electron chi connectivity index (χ1n) is 10.3. The molecule has 0 atom stereocenters. The summed E-state index contributed by atoms with van der Waals surface area (Å²) >= 11 is 2.91. The molecular formula is C22H24F3N5S2. The van der Waals surface area contributed by atoms with Crippen molar-refractivity contribution in [2.75, 3.05) is 24.7 Å². The van der Waals surface area contributed by atoms with E-state index in [2.05, 4.69) is 24.6 Å². The van der Waals surface area contributed by atoms with E-state index < -0.39 is 11.7 Å². The maximum absolute atomic E-state index is 13.7. The first-order chi connectivity index (χ1) is 15.2. The van der Waals surface area contributed by atoms with E-state index in [9.17, 15) is 13.2 Å². The molecule has 0 aliphatic carbocycles. The van der Waals surface area contributed by atoms with Crippen LogP contribution >= 0.6 is 23.3 Å². The Morgan fingerprint density at radius 2 is 1.88 bits per heavy atom. The largest absolute Gasteiger partial charge is 0.420 e. The van der Waals surface area contributed by atoms with Gasteiger partial charge in [0.15, 0.2) is 0 Å². The molecule has 0 saturated carbocycles. The lowest BCUT2D eigenvalue weighted by atomic mass is 10.1. The number of benzene rings is 1. The number of nitrogens with zero attached hydrogens (tertiary/aromatic N) is 4. The van der Waals surface area contributed by atoms with Gasteiger partial charge in [0.25, 0.3) is 0 Å². The lowest BCUT2D eigenvalue weighted by Crippen LogP contribution is -2.35. The molecule has 1 aromatic carbocycles. The highest BCUT2D eigenvalue weighted by atomic mass is 32.2. The number of rotatable bonds is 5. The summed E-state index contributed by atoms with van der Waals surface area (Å²) in [5.41, 5.74) is 2.08. The minimum absolute atomic E-state index is 0.134. The van der Waals surface area contributed by atoms with Crippen LogP contribution in [0.2, 0.25) is 0 Å². The standard InChI is InChI=1S/C22H24F3N5S2/c1-13-4-5-16(14(2)10-13)20-26-12-18(32-20)19-17(22(23,24)25)11-27-21(29-19)28-15-6-8-30(31-3)9-7-15/h4-5,10-12,15H,6-9H2,1-3H3,(H,27,28,29). The topological polar surface area (TPSA) is 53.9 Å². The number of hydrogen-bond donors (Lipinski definition) is 1. The van der Waals surface area contributed by atoms with Crippen LogP contribution < -0.4 is 5.32 Å². The van der Waals surface area contributed by atoms with Crippen LogP contribution in [0.3, 0.4) is 0 Å². The van der Waals surface area contributed by atoms with Crippen molar-refractivity contribution in [2.45, 2.75) is 38.9 Å². The Labute approximate surface area is 193 Å². The predicted octanol–water partition coefficient (Wildman–Crippen LogP) is 6.06. The third-order valence-corrected chi connectivity index (χ3v) is 7.41. The predicted molar refractivity (Wildman–Crippen MR) is 125 cm³/mol. The molecule has 1 aliphatic heterocycles. The Hall–Kier alpha value is -2.17. The maximum atomic E-state index is 13.7. The Bertz CT molecular complexity index is 1090. The van der Waals surface area contributed by atoms with E-state index in [4.69, 9.17) is 0 Å². The summed E-state index contributed by atoms with van der Waals surface area (Å²) < 4.78 is 43.4. The molecular weight excluding hydrogens is 455 g/mol. The van der Waals surface area contributed by atoms with E-state index in [0.29, 0.717) is 9.88 Å². The second-order valence-corrected chi connectivity index (χ2v) is 9.74. The summed E-state index contributed by atoms with van der Waals surface area (Å²) in [4.78, 5) is 13.0. The third kappa shape index (κ3) is 5.07. The first kappa shape index (κ1) is 23.0. The van der Waals surface area contributed by atoms with Crippen LogP contribution in [0.25, 0.3) is 21.1 Å². The molecule has 5 nitrogen and oxygen atoms in total. The fourth-order valence-corrected chi connectivity index (χ4v) is 5.36. The zero-order chi connectivity index (χ0) is 22.9. The third-order valence-electron chi connectivity index (χ3n) is 5.49. The monoisotopic (exact) mass is 479 g/mol. The molecule has 3 aromatic rings. The van der Waals surface area contributed by atoms with Gasteiger partial charge >= 0.3 is 6.18 Å². The second kappa shape index (κ2) is 9.36. The Kier molecular flexibility index (Phi) is 6.73. The highest BCUT2D eigenvalue weighted by Gasteiger charge is 2.36. The van der Waals surface area contributed by atoms with Gasteiger partial charge in [-0.2, -0.15) is 13.2 Å². The van der Waals surface area contributed by atoms with E-state index >= 15 is 0 Å². The van der Waals surface area contributed by atoms with Crippen molar-refractivity contribution in [3.05, 3.63) is 47.3 Å². The Balaban J connectivity index is 1.65. The molecule has 1 saturated heterocycles. The quantitative estimate of drug-likeness (QED) is 0.449. The zero-order valence-electron chi connectivity index (χ0n) is 18.0. The van der Waals surface area contributed by atoms with Gasteiger partial charge in [-0.05, 0) is 38.5 Å². The van der Waals surface area contributed by atoms with Gasteiger partial charge in [0.2, 0.25) is 5.95 Å². The average Bonchev–Trinajstić information content (AvgIpc) is 3.23. The Morgan fingerprint density at radius 3 is 2.53 bits per heavy atom. The van der Waals surface area contributed by atoms with Gasteiger partial charge in [0.1, 0.15) is 10.6 Å². The lowest BCUT2D eigenvalue weighted by molar-refractivity contribution is -0.137. The normalized spacial score (nSPS) is 15.8. The summed E-state index contributed by atoms with van der Waals surface area (Å²) in [5.74, 6) is 0.220. The maximum Gasteiger partial charge on any atom is 0.420 e. The highest BCUT2D eigenvalue weighted by molar-refractivity contribution is 7.96. The molecule has 2 aromatic heterocycles. The van der Waals surface area contributed by atoms with Crippen LogP contribution in [0, 0.1) is 13.8 Å². The first-order valence-corrected chi connectivity index (χ1v) is 12.3. The van der Waals surface area contributed by atoms with Gasteiger partial charge in [-0.15, -0.1) is 11.3 Å². The molecule has 3 heterocycles. The SMILES string of the molecule is CSN1CCC(Nc2ncc(C(F)(F)F)c(-c3cnc(-c4ccc(C)cc4C)s3)n2)CC1. The molecule has 0 unspecified atom stereocenters. The van der Waals surface area contributed by atoms with E-state index in [1.54, 1.807) is 11.9 Å². The van der Waals surface area contributed by atoms with Crippen molar-refractivity contribution < 1.29 is 13.2 Å². The smallest absolute Gasteiger partial charge is 0.351 e. The number of aryl methyl sites for hydroxylation is 2. The van der Waals surface area contributed by atoms with Crippen molar-refractivity contribution in [3.63, 3.8) is 0 Å². The van der Waals surface area contributed by atoms with Crippen LogP contribution in [0.15, 0.2) is 30.6 Å². The molecule has 1 aliphatic rings. The fourth-order valence-electron chi connectivity index (χ4n) is 3.77. The molecule has 10 heteroatoms. The van der Waals surface area contributed by atoms with Gasteiger partial charge in [-0.3, -0.25) is 4.31 Å². The van der Waals surface area contributed by atoms with E-state index in [1.165, 1.54) is 17.5 Å². The number of thiazole rings is 1. The average molecular weight is 480 g/mol. The van der Waals surface area contributed by atoms with E-state index in [0.717, 1.165) is 48.8 Å². The summed E-state index contributed by atoms with van der Waals surface area (Å²) in [6.07, 6.45) is 1.60. The minimum Gasteiger partial charge on any atom is -0.351 e. The zero-order valence-corrected chi connectivity index (χ0v) is 19.7. The van der Waals surface area contributed by atoms with Crippen LogP contribution in [-0.4, -0.2) is 44.6 Å². The molecule has 170 valence electrons. The molecule has 0 bridgehead atoms. The Morgan fingerprint density at radius 1 is 1.12 bits per heavy atom. The molecule has 4 rings (SSSR count). The number of alkyl halides is 3. The van der Waals surface area contributed by atoms with Crippen molar-refractivity contribution >= 4 is 29.2 Å². The molecule has 1 N–H and O–H groups in total. The molecule has 0 radical (unpaired) electrons. The lowest BCUT2D eigenvalue weighted by Gasteiger charge is -2.30. The summed E-state index contributed by atoms with van der Waals surface area (Å²) in [5, 5.41) is 3.90. The molecule has 0 amide bonds. The van der Waals surface area contributed by atoms with Crippen LogP contribution in [0.5, 0.6) is 0 Å². The second-order valence-electron chi connectivity index (χ2n) is 7.83. The highest BCUT2D eigenvalue weighted by Crippen LogP contribution is 2.40. The van der Waals surface area contributed by atoms with Crippen molar-refractivity contribution in [3.8, 4) is 21.1 Å². The molecule has 1 fully saturated rings. The fraction of sp³-hybridized carbons (Fsp3) is 0.409. The minimum atomic E-state index is -4.55. The number of hydrogen-bond acceptors (Lipinski definition) is 7. The van der Waals surface area contributed by atoms with Gasteiger partial charge in [-0.25, -0.2) is 15.0 Å². The van der Waals surface area contributed by atoms with Gasteiger partial charge in [0, 0.05) is 37.1 Å². The van der Waals surface area contributed by atoms with Gasteiger partial charge < -0.3 is 5.32 Å². The number of aromatic nitrogens is 3. The summed E-state index contributed by atoms with van der Waals surface area (Å²) in [7, 11) is 0. The van der Waals surface area contributed by atoms with Crippen LogP contribution in [-0.2, 0) is 6.18 Å². The number of piperidine rings is 1. The van der Waals surface area contributed by atoms with E-state index in [-0.39, 0.29) is 17.7 Å². The number of nitrogens with one attached hydrogen (secondary N) is 1. The summed E-state index contributed by atoms with van der Waals surface area (Å²) in [6, 6.07) is 6.09. The van der Waals surface area contributed by atoms with Gasteiger partial charge in [-0.1, -0.05) is 35.7 Å². The van der Waals surface area contributed by atoms with Crippen molar-refractivity contribution in [1.82, 2.24) is 19.3 Å². The van der Waals surface area contributed by atoms with Crippen molar-refractivity contribution in [2.24, 2.45) is 0 Å².